The molecule has 192 valence electrons. The topological polar surface area (TPSA) is 61.9 Å². The highest BCUT2D eigenvalue weighted by molar-refractivity contribution is 5.80. The third-order valence-corrected chi connectivity index (χ3v) is 8.01. The lowest BCUT2D eigenvalue weighted by atomic mass is 9.86. The molecule has 1 N–H and O–H groups in total. The van der Waals surface area contributed by atoms with E-state index in [9.17, 15) is 9.59 Å². The van der Waals surface area contributed by atoms with E-state index < -0.39 is 0 Å². The van der Waals surface area contributed by atoms with Crippen LogP contribution >= 0.6 is 0 Å². The van der Waals surface area contributed by atoms with Crippen LogP contribution in [0.15, 0.2) is 42.5 Å². The van der Waals surface area contributed by atoms with E-state index >= 15 is 0 Å². The van der Waals surface area contributed by atoms with Crippen LogP contribution in [-0.4, -0.2) is 60.9 Å². The second-order valence-corrected chi connectivity index (χ2v) is 10.6. The van der Waals surface area contributed by atoms with Gasteiger partial charge in [0.2, 0.25) is 5.91 Å². The SMILES string of the molecule is Cc1cccc(C2c3cc(OCC(=O)NCCN4CCCC4)ccc3CCN2C(=O)C2CCCC2)c1. The summed E-state index contributed by atoms with van der Waals surface area (Å²) in [5, 5.41) is 2.98. The summed E-state index contributed by atoms with van der Waals surface area (Å²) in [6, 6.07) is 14.5. The molecule has 6 nitrogen and oxygen atoms in total. The largest absolute Gasteiger partial charge is 0.484 e. The molecule has 2 amide bonds. The van der Waals surface area contributed by atoms with Gasteiger partial charge in [-0.05, 0) is 80.9 Å². The van der Waals surface area contributed by atoms with Crippen LogP contribution in [0, 0.1) is 12.8 Å². The number of amides is 2. The van der Waals surface area contributed by atoms with Gasteiger partial charge in [0.05, 0.1) is 6.04 Å². The predicted molar refractivity (Wildman–Crippen MR) is 141 cm³/mol. The number of rotatable bonds is 8. The first kappa shape index (κ1) is 24.8. The molecule has 2 heterocycles. The normalized spacial score (nSPS) is 20.4. The van der Waals surface area contributed by atoms with Gasteiger partial charge in [-0.15, -0.1) is 0 Å². The Morgan fingerprint density at radius 2 is 1.81 bits per heavy atom. The van der Waals surface area contributed by atoms with E-state index in [1.54, 1.807) is 0 Å². The third-order valence-electron chi connectivity index (χ3n) is 8.01. The summed E-state index contributed by atoms with van der Waals surface area (Å²) in [6.07, 6.45) is 7.64. The van der Waals surface area contributed by atoms with Crippen LogP contribution in [0.4, 0.5) is 0 Å². The van der Waals surface area contributed by atoms with Gasteiger partial charge in [-0.1, -0.05) is 48.7 Å². The third kappa shape index (κ3) is 5.75. The first-order valence-corrected chi connectivity index (χ1v) is 13.7. The zero-order valence-corrected chi connectivity index (χ0v) is 21.5. The van der Waals surface area contributed by atoms with Crippen molar-refractivity contribution in [3.8, 4) is 5.75 Å². The minimum atomic E-state index is -0.125. The number of aryl methyl sites for hydroxylation is 1. The van der Waals surface area contributed by atoms with Gasteiger partial charge < -0.3 is 19.9 Å². The van der Waals surface area contributed by atoms with E-state index in [0.717, 1.165) is 69.4 Å². The molecule has 1 atom stereocenters. The van der Waals surface area contributed by atoms with Crippen molar-refractivity contribution in [2.24, 2.45) is 5.92 Å². The fourth-order valence-electron chi connectivity index (χ4n) is 6.09. The average molecular weight is 490 g/mol. The molecule has 6 heteroatoms. The Balaban J connectivity index is 1.31. The van der Waals surface area contributed by atoms with Gasteiger partial charge in [-0.3, -0.25) is 9.59 Å². The molecule has 1 unspecified atom stereocenters. The van der Waals surface area contributed by atoms with Gasteiger partial charge in [-0.25, -0.2) is 0 Å². The van der Waals surface area contributed by atoms with Crippen molar-refractivity contribution in [2.45, 2.75) is 57.9 Å². The quantitative estimate of drug-likeness (QED) is 0.602. The predicted octanol–water partition coefficient (Wildman–Crippen LogP) is 4.25. The second kappa shape index (κ2) is 11.5. The highest BCUT2D eigenvalue weighted by Crippen LogP contribution is 2.39. The average Bonchev–Trinajstić information content (AvgIpc) is 3.61. The molecule has 0 aromatic heterocycles. The molecule has 36 heavy (non-hydrogen) atoms. The molecular weight excluding hydrogens is 450 g/mol. The highest BCUT2D eigenvalue weighted by Gasteiger charge is 2.36. The Labute approximate surface area is 215 Å². The summed E-state index contributed by atoms with van der Waals surface area (Å²) >= 11 is 0. The summed E-state index contributed by atoms with van der Waals surface area (Å²) in [7, 11) is 0. The molecule has 2 aliphatic heterocycles. The first-order valence-electron chi connectivity index (χ1n) is 13.7. The number of benzene rings is 2. The first-order chi connectivity index (χ1) is 17.6. The number of ether oxygens (including phenoxy) is 1. The molecule has 1 aliphatic carbocycles. The molecule has 0 bridgehead atoms. The Hall–Kier alpha value is -2.86. The van der Waals surface area contributed by atoms with Crippen molar-refractivity contribution in [1.29, 1.82) is 0 Å². The van der Waals surface area contributed by atoms with Crippen molar-refractivity contribution in [1.82, 2.24) is 15.1 Å². The zero-order chi connectivity index (χ0) is 24.9. The number of fused-ring (bicyclic) bond motifs is 1. The molecule has 0 radical (unpaired) electrons. The maximum Gasteiger partial charge on any atom is 0.257 e. The molecule has 1 saturated carbocycles. The van der Waals surface area contributed by atoms with Gasteiger partial charge in [0.15, 0.2) is 6.61 Å². The van der Waals surface area contributed by atoms with Crippen LogP contribution < -0.4 is 10.1 Å². The number of carbonyl (C=O) groups is 2. The lowest BCUT2D eigenvalue weighted by molar-refractivity contribution is -0.137. The highest BCUT2D eigenvalue weighted by atomic mass is 16.5. The van der Waals surface area contributed by atoms with Gasteiger partial charge in [-0.2, -0.15) is 0 Å². The second-order valence-electron chi connectivity index (χ2n) is 10.6. The summed E-state index contributed by atoms with van der Waals surface area (Å²) in [5.74, 6) is 1.01. The van der Waals surface area contributed by atoms with Crippen LogP contribution in [0.3, 0.4) is 0 Å². The fourth-order valence-corrected chi connectivity index (χ4v) is 6.09. The molecule has 2 fully saturated rings. The number of hydrogen-bond donors (Lipinski definition) is 1. The van der Waals surface area contributed by atoms with Crippen LogP contribution in [0.5, 0.6) is 5.75 Å². The van der Waals surface area contributed by atoms with Crippen molar-refractivity contribution < 1.29 is 14.3 Å². The number of nitrogens with one attached hydrogen (secondary N) is 1. The smallest absolute Gasteiger partial charge is 0.257 e. The number of nitrogens with zero attached hydrogens (tertiary/aromatic N) is 2. The molecular formula is C30H39N3O3. The molecule has 5 rings (SSSR count). The van der Waals surface area contributed by atoms with Gasteiger partial charge in [0, 0.05) is 25.6 Å². The number of carbonyl (C=O) groups excluding carboxylic acids is 2. The van der Waals surface area contributed by atoms with Crippen molar-refractivity contribution in [3.05, 3.63) is 64.7 Å². The van der Waals surface area contributed by atoms with E-state index in [0.29, 0.717) is 12.3 Å². The lowest BCUT2D eigenvalue weighted by Gasteiger charge is -2.39. The van der Waals surface area contributed by atoms with Gasteiger partial charge in [0.1, 0.15) is 5.75 Å². The Morgan fingerprint density at radius 3 is 2.58 bits per heavy atom. The molecule has 3 aliphatic rings. The minimum Gasteiger partial charge on any atom is -0.484 e. The summed E-state index contributed by atoms with van der Waals surface area (Å²) in [5.41, 5.74) is 4.69. The minimum absolute atomic E-state index is 0.00137. The molecule has 0 spiro atoms. The Kier molecular flexibility index (Phi) is 7.90. The summed E-state index contributed by atoms with van der Waals surface area (Å²) in [4.78, 5) is 30.5. The van der Waals surface area contributed by atoms with Crippen LogP contribution in [0.25, 0.3) is 0 Å². The Morgan fingerprint density at radius 1 is 1.00 bits per heavy atom. The van der Waals surface area contributed by atoms with Crippen molar-refractivity contribution >= 4 is 11.8 Å². The summed E-state index contributed by atoms with van der Waals surface area (Å²) < 4.78 is 5.93. The number of likely N-dealkylation sites (tertiary alicyclic amines) is 1. The summed E-state index contributed by atoms with van der Waals surface area (Å²) in [6.45, 7) is 6.64. The van der Waals surface area contributed by atoms with E-state index in [1.807, 2.05) is 12.1 Å². The molecule has 2 aromatic carbocycles. The van der Waals surface area contributed by atoms with Gasteiger partial charge in [0.25, 0.3) is 5.91 Å². The number of hydrogen-bond acceptors (Lipinski definition) is 4. The maximum absolute atomic E-state index is 13.6. The van der Waals surface area contributed by atoms with E-state index in [2.05, 4.69) is 52.4 Å². The lowest BCUT2D eigenvalue weighted by Crippen LogP contribution is -2.43. The maximum atomic E-state index is 13.6. The van der Waals surface area contributed by atoms with Crippen LogP contribution in [0.1, 0.15) is 66.8 Å². The Bertz CT molecular complexity index is 1070. The van der Waals surface area contributed by atoms with Crippen LogP contribution in [-0.2, 0) is 16.0 Å². The van der Waals surface area contributed by atoms with E-state index in [1.165, 1.54) is 24.0 Å². The molecule has 1 saturated heterocycles. The zero-order valence-electron chi connectivity index (χ0n) is 21.5. The fraction of sp³-hybridized carbons (Fsp3) is 0.533. The molecule has 2 aromatic rings. The van der Waals surface area contributed by atoms with E-state index in [-0.39, 0.29) is 30.4 Å². The van der Waals surface area contributed by atoms with Crippen molar-refractivity contribution in [3.63, 3.8) is 0 Å². The standard InChI is InChI=1S/C30H39N3O3/c1-22-7-6-10-25(19-22)29-27-20-26(36-21-28(34)31-14-18-32-15-4-5-16-32)12-11-23(27)13-17-33(29)30(35)24-8-2-3-9-24/h6-7,10-12,19-20,24,29H,2-5,8-9,13-18,21H2,1H3,(H,31,34). The van der Waals surface area contributed by atoms with Crippen molar-refractivity contribution in [2.75, 3.05) is 39.3 Å². The van der Waals surface area contributed by atoms with Gasteiger partial charge >= 0.3 is 0 Å². The van der Waals surface area contributed by atoms with Crippen LogP contribution in [0.2, 0.25) is 0 Å². The monoisotopic (exact) mass is 489 g/mol. The van der Waals surface area contributed by atoms with E-state index in [4.69, 9.17) is 4.74 Å².